The number of fused-ring (bicyclic) bond motifs is 1. The summed E-state index contributed by atoms with van der Waals surface area (Å²) in [5.74, 6) is 1.54. The quantitative estimate of drug-likeness (QED) is 0.919. The zero-order valence-corrected chi connectivity index (χ0v) is 13.2. The topological polar surface area (TPSA) is 47.1 Å². The zero-order chi connectivity index (χ0) is 14.8. The lowest BCUT2D eigenvalue weighted by Gasteiger charge is -2.16. The number of rotatable bonds is 5. The molecule has 1 aromatic carbocycles. The molecule has 0 atom stereocenters. The molecule has 114 valence electrons. The maximum atomic E-state index is 5.90. The molecule has 1 fully saturated rings. The summed E-state index contributed by atoms with van der Waals surface area (Å²) in [6.07, 6.45) is 2.68. The zero-order valence-electron chi connectivity index (χ0n) is 13.2. The van der Waals surface area contributed by atoms with Gasteiger partial charge in [0.2, 0.25) is 0 Å². The summed E-state index contributed by atoms with van der Waals surface area (Å²) in [7, 11) is 0. The number of hydrogen-bond donors (Lipinski definition) is 1. The molecule has 0 radical (unpaired) electrons. The normalized spacial score (nSPS) is 16.4. The van der Waals surface area contributed by atoms with Gasteiger partial charge in [0.1, 0.15) is 5.82 Å². The molecular weight excluding hydrogens is 260 g/mol. The van der Waals surface area contributed by atoms with Gasteiger partial charge in [-0.3, -0.25) is 0 Å². The number of benzene rings is 1. The Hall–Kier alpha value is -1.39. The molecule has 0 aliphatic carbocycles. The molecule has 1 saturated heterocycles. The van der Waals surface area contributed by atoms with E-state index >= 15 is 0 Å². The van der Waals surface area contributed by atoms with Crippen LogP contribution in [0.15, 0.2) is 18.2 Å². The Morgan fingerprint density at radius 3 is 2.62 bits per heavy atom. The van der Waals surface area contributed by atoms with Crippen molar-refractivity contribution in [3.8, 4) is 0 Å². The molecule has 1 aromatic heterocycles. The third-order valence-electron chi connectivity index (χ3n) is 4.54. The van der Waals surface area contributed by atoms with Gasteiger partial charge in [0, 0.05) is 13.1 Å². The van der Waals surface area contributed by atoms with E-state index in [0.717, 1.165) is 24.4 Å². The first kappa shape index (κ1) is 14.5. The lowest BCUT2D eigenvalue weighted by atomic mass is 10.0. The van der Waals surface area contributed by atoms with Crippen LogP contribution in [-0.2, 0) is 13.1 Å². The fourth-order valence-corrected chi connectivity index (χ4v) is 3.21. The Kier molecular flexibility index (Phi) is 4.27. The van der Waals surface area contributed by atoms with Crippen LogP contribution in [0.25, 0.3) is 11.0 Å². The van der Waals surface area contributed by atoms with Crippen LogP contribution in [0.5, 0.6) is 0 Å². The summed E-state index contributed by atoms with van der Waals surface area (Å²) < 4.78 is 2.30. The minimum Gasteiger partial charge on any atom is -0.326 e. The first-order valence-electron chi connectivity index (χ1n) is 8.10. The number of hydrogen-bond acceptors (Lipinski definition) is 3. The SMILES string of the molecule is CC(C)c1ccc2c(c1)nc(CN)n2CCN1CCCC1. The van der Waals surface area contributed by atoms with Crippen molar-refractivity contribution < 1.29 is 0 Å². The van der Waals surface area contributed by atoms with E-state index < -0.39 is 0 Å². The van der Waals surface area contributed by atoms with Gasteiger partial charge in [-0.15, -0.1) is 0 Å². The van der Waals surface area contributed by atoms with E-state index in [-0.39, 0.29) is 0 Å². The average Bonchev–Trinajstić information content (AvgIpc) is 3.11. The van der Waals surface area contributed by atoms with Crippen LogP contribution < -0.4 is 5.73 Å². The van der Waals surface area contributed by atoms with Crippen molar-refractivity contribution in [3.63, 3.8) is 0 Å². The van der Waals surface area contributed by atoms with Crippen LogP contribution in [0.2, 0.25) is 0 Å². The highest BCUT2D eigenvalue weighted by Crippen LogP contribution is 2.22. The minimum atomic E-state index is 0.506. The van der Waals surface area contributed by atoms with Gasteiger partial charge in [-0.2, -0.15) is 0 Å². The lowest BCUT2D eigenvalue weighted by Crippen LogP contribution is -2.25. The molecular formula is C17H26N4. The number of nitrogens with zero attached hydrogens (tertiary/aromatic N) is 3. The van der Waals surface area contributed by atoms with E-state index in [2.05, 4.69) is 41.5 Å². The van der Waals surface area contributed by atoms with Crippen LogP contribution in [0, 0.1) is 0 Å². The van der Waals surface area contributed by atoms with Gasteiger partial charge >= 0.3 is 0 Å². The standard InChI is InChI=1S/C17H26N4/c1-13(2)14-5-6-16-15(11-14)19-17(12-18)21(16)10-9-20-7-3-4-8-20/h5-6,11,13H,3-4,7-10,12,18H2,1-2H3. The van der Waals surface area contributed by atoms with Crippen LogP contribution >= 0.6 is 0 Å². The summed E-state index contributed by atoms with van der Waals surface area (Å²) in [6, 6.07) is 6.65. The van der Waals surface area contributed by atoms with Crippen LogP contribution in [0.1, 0.15) is 44.0 Å². The third kappa shape index (κ3) is 2.97. The van der Waals surface area contributed by atoms with Crippen molar-refractivity contribution in [2.24, 2.45) is 5.73 Å². The predicted molar refractivity (Wildman–Crippen MR) is 87.4 cm³/mol. The van der Waals surface area contributed by atoms with E-state index in [0.29, 0.717) is 12.5 Å². The lowest BCUT2D eigenvalue weighted by molar-refractivity contribution is 0.322. The monoisotopic (exact) mass is 286 g/mol. The Balaban J connectivity index is 1.88. The second kappa shape index (κ2) is 6.16. The Labute approximate surface area is 126 Å². The smallest absolute Gasteiger partial charge is 0.123 e. The fourth-order valence-electron chi connectivity index (χ4n) is 3.21. The first-order valence-corrected chi connectivity index (χ1v) is 8.10. The molecule has 0 bridgehead atoms. The second-order valence-electron chi connectivity index (χ2n) is 6.34. The molecule has 1 aliphatic heterocycles. The summed E-state index contributed by atoms with van der Waals surface area (Å²) >= 11 is 0. The van der Waals surface area contributed by atoms with Gasteiger partial charge in [0.25, 0.3) is 0 Å². The van der Waals surface area contributed by atoms with Crippen molar-refractivity contribution in [1.82, 2.24) is 14.5 Å². The number of nitrogens with two attached hydrogens (primary N) is 1. The molecule has 3 rings (SSSR count). The summed E-state index contributed by atoms with van der Waals surface area (Å²) in [5.41, 5.74) is 9.55. The molecule has 0 unspecified atom stereocenters. The Morgan fingerprint density at radius 2 is 1.95 bits per heavy atom. The maximum Gasteiger partial charge on any atom is 0.123 e. The van der Waals surface area contributed by atoms with Gasteiger partial charge in [0.05, 0.1) is 17.6 Å². The average molecular weight is 286 g/mol. The van der Waals surface area contributed by atoms with Gasteiger partial charge in [0.15, 0.2) is 0 Å². The Morgan fingerprint density at radius 1 is 1.19 bits per heavy atom. The highest BCUT2D eigenvalue weighted by molar-refractivity contribution is 5.77. The van der Waals surface area contributed by atoms with Crippen molar-refractivity contribution >= 4 is 11.0 Å². The van der Waals surface area contributed by atoms with E-state index in [9.17, 15) is 0 Å². The second-order valence-corrected chi connectivity index (χ2v) is 6.34. The maximum absolute atomic E-state index is 5.90. The summed E-state index contributed by atoms with van der Waals surface area (Å²) in [6.45, 7) is 9.51. The minimum absolute atomic E-state index is 0.506. The molecule has 2 N–H and O–H groups in total. The van der Waals surface area contributed by atoms with Crippen molar-refractivity contribution in [2.75, 3.05) is 19.6 Å². The third-order valence-corrected chi connectivity index (χ3v) is 4.54. The number of likely N-dealkylation sites (tertiary alicyclic amines) is 1. The van der Waals surface area contributed by atoms with Gasteiger partial charge in [-0.1, -0.05) is 19.9 Å². The summed E-state index contributed by atoms with van der Waals surface area (Å²) in [4.78, 5) is 7.28. The molecule has 21 heavy (non-hydrogen) atoms. The Bertz CT molecular complexity index is 609. The van der Waals surface area contributed by atoms with Crippen molar-refractivity contribution in [3.05, 3.63) is 29.6 Å². The molecule has 4 heteroatoms. The highest BCUT2D eigenvalue weighted by Gasteiger charge is 2.14. The predicted octanol–water partition coefficient (Wildman–Crippen LogP) is 2.71. The van der Waals surface area contributed by atoms with E-state index in [1.807, 2.05) is 0 Å². The summed E-state index contributed by atoms with van der Waals surface area (Å²) in [5, 5.41) is 0. The van der Waals surface area contributed by atoms with Crippen LogP contribution in [0.3, 0.4) is 0 Å². The van der Waals surface area contributed by atoms with Crippen molar-refractivity contribution in [2.45, 2.75) is 45.7 Å². The molecule has 4 nitrogen and oxygen atoms in total. The molecule has 0 saturated carbocycles. The van der Waals surface area contributed by atoms with E-state index in [4.69, 9.17) is 10.7 Å². The number of imidazole rings is 1. The number of aromatic nitrogens is 2. The van der Waals surface area contributed by atoms with Crippen molar-refractivity contribution in [1.29, 1.82) is 0 Å². The van der Waals surface area contributed by atoms with Crippen LogP contribution in [0.4, 0.5) is 0 Å². The molecule has 2 heterocycles. The van der Waals surface area contributed by atoms with Gasteiger partial charge < -0.3 is 15.2 Å². The molecule has 2 aromatic rings. The van der Waals surface area contributed by atoms with Crippen LogP contribution in [-0.4, -0.2) is 34.1 Å². The van der Waals surface area contributed by atoms with E-state index in [1.54, 1.807) is 0 Å². The largest absolute Gasteiger partial charge is 0.326 e. The van der Waals surface area contributed by atoms with Gasteiger partial charge in [-0.05, 0) is 49.5 Å². The molecule has 0 amide bonds. The highest BCUT2D eigenvalue weighted by atomic mass is 15.2. The fraction of sp³-hybridized carbons (Fsp3) is 0.588. The first-order chi connectivity index (χ1) is 10.2. The van der Waals surface area contributed by atoms with Gasteiger partial charge in [-0.25, -0.2) is 4.98 Å². The molecule has 0 spiro atoms. The molecule has 1 aliphatic rings. The van der Waals surface area contributed by atoms with E-state index in [1.165, 1.54) is 37.0 Å².